The molecule has 1 aromatic carbocycles. The van der Waals surface area contributed by atoms with Crippen LogP contribution in [0.25, 0.3) is 0 Å². The van der Waals surface area contributed by atoms with Gasteiger partial charge in [0.15, 0.2) is 0 Å². The Morgan fingerprint density at radius 2 is 2.13 bits per heavy atom. The molecule has 3 rings (SSSR count). The Morgan fingerprint density at radius 3 is 2.74 bits per heavy atom. The van der Waals surface area contributed by atoms with Crippen molar-refractivity contribution in [3.05, 3.63) is 34.9 Å². The summed E-state index contributed by atoms with van der Waals surface area (Å²) in [5, 5.41) is 4.01. The van der Waals surface area contributed by atoms with Crippen LogP contribution in [0.15, 0.2) is 24.3 Å². The van der Waals surface area contributed by atoms with E-state index in [4.69, 9.17) is 16.3 Å². The van der Waals surface area contributed by atoms with Crippen molar-refractivity contribution in [2.24, 2.45) is 0 Å². The predicted octanol–water partition coefficient (Wildman–Crippen LogP) is 2.63. The van der Waals surface area contributed by atoms with Crippen LogP contribution in [-0.4, -0.2) is 50.2 Å². The van der Waals surface area contributed by atoms with Gasteiger partial charge in [-0.15, -0.1) is 12.4 Å². The van der Waals surface area contributed by atoms with E-state index in [9.17, 15) is 4.79 Å². The van der Waals surface area contributed by atoms with Crippen molar-refractivity contribution in [3.63, 3.8) is 0 Å². The third-order valence-corrected chi connectivity index (χ3v) is 5.27. The van der Waals surface area contributed by atoms with Crippen molar-refractivity contribution >= 4 is 29.9 Å². The molecule has 2 aliphatic heterocycles. The summed E-state index contributed by atoms with van der Waals surface area (Å²) in [6.45, 7) is 3.10. The van der Waals surface area contributed by atoms with Crippen LogP contribution >= 0.6 is 24.0 Å². The zero-order chi connectivity index (χ0) is 15.6. The van der Waals surface area contributed by atoms with Gasteiger partial charge in [0.1, 0.15) is 0 Å². The van der Waals surface area contributed by atoms with Crippen LogP contribution in [0.2, 0.25) is 5.02 Å². The van der Waals surface area contributed by atoms with Gasteiger partial charge in [0.05, 0.1) is 5.41 Å². The fourth-order valence-electron chi connectivity index (χ4n) is 3.61. The second-order valence-corrected chi connectivity index (χ2v) is 6.70. The quantitative estimate of drug-likeness (QED) is 0.902. The summed E-state index contributed by atoms with van der Waals surface area (Å²) < 4.78 is 5.52. The smallest absolute Gasteiger partial charge is 0.233 e. The zero-order valence-corrected chi connectivity index (χ0v) is 15.0. The van der Waals surface area contributed by atoms with E-state index in [0.29, 0.717) is 18.2 Å². The molecule has 23 heavy (non-hydrogen) atoms. The number of carbonyl (C=O) groups excluding carboxylic acids is 1. The summed E-state index contributed by atoms with van der Waals surface area (Å²) in [4.78, 5) is 15.3. The van der Waals surface area contributed by atoms with Crippen LogP contribution in [0.3, 0.4) is 0 Å². The number of halogens is 2. The second-order valence-electron chi connectivity index (χ2n) is 6.27. The molecule has 128 valence electrons. The third kappa shape index (κ3) is 3.66. The first-order chi connectivity index (χ1) is 10.6. The van der Waals surface area contributed by atoms with E-state index in [1.807, 2.05) is 36.2 Å². The minimum atomic E-state index is -0.500. The molecule has 0 aromatic heterocycles. The minimum Gasteiger partial charge on any atom is -0.381 e. The van der Waals surface area contributed by atoms with Gasteiger partial charge in [-0.25, -0.2) is 0 Å². The third-order valence-electron chi connectivity index (χ3n) is 5.04. The Bertz CT molecular complexity index is 541. The predicted molar refractivity (Wildman–Crippen MR) is 94.5 cm³/mol. The molecule has 1 amide bonds. The summed E-state index contributed by atoms with van der Waals surface area (Å²) in [6, 6.07) is 8.03. The molecule has 1 atom stereocenters. The number of benzene rings is 1. The molecule has 2 heterocycles. The molecule has 4 nitrogen and oxygen atoms in total. The normalized spacial score (nSPS) is 23.1. The monoisotopic (exact) mass is 358 g/mol. The van der Waals surface area contributed by atoms with Crippen LogP contribution in [0.1, 0.15) is 24.8 Å². The van der Waals surface area contributed by atoms with Crippen LogP contribution in [0.4, 0.5) is 0 Å². The number of carbonyl (C=O) groups is 1. The van der Waals surface area contributed by atoms with Gasteiger partial charge in [-0.05, 0) is 43.5 Å². The molecular formula is C17H24Cl2N2O2. The molecule has 2 fully saturated rings. The molecule has 2 aliphatic rings. The molecule has 0 aliphatic carbocycles. The molecule has 6 heteroatoms. The van der Waals surface area contributed by atoms with Gasteiger partial charge in [0.25, 0.3) is 0 Å². The lowest BCUT2D eigenvalue weighted by Gasteiger charge is -2.40. The Hall–Kier alpha value is -0.810. The number of nitrogens with one attached hydrogen (secondary N) is 1. The van der Waals surface area contributed by atoms with Gasteiger partial charge in [-0.2, -0.15) is 0 Å². The van der Waals surface area contributed by atoms with Crippen molar-refractivity contribution in [3.8, 4) is 0 Å². The average molecular weight is 359 g/mol. The summed E-state index contributed by atoms with van der Waals surface area (Å²) in [7, 11) is 1.93. The van der Waals surface area contributed by atoms with Gasteiger partial charge in [-0.1, -0.05) is 23.7 Å². The molecule has 1 aromatic rings. The van der Waals surface area contributed by atoms with E-state index < -0.39 is 5.41 Å². The SMILES string of the molecule is CN(C(=O)C1(c2cccc(Cl)c2)CCOCC1)C1CCNC1.Cl. The van der Waals surface area contributed by atoms with Crippen LogP contribution < -0.4 is 5.32 Å². The van der Waals surface area contributed by atoms with Crippen molar-refractivity contribution in [1.82, 2.24) is 10.2 Å². The van der Waals surface area contributed by atoms with E-state index in [1.54, 1.807) is 0 Å². The maximum atomic E-state index is 13.3. The highest BCUT2D eigenvalue weighted by Gasteiger charge is 2.44. The number of amides is 1. The van der Waals surface area contributed by atoms with Crippen LogP contribution in [-0.2, 0) is 14.9 Å². The summed E-state index contributed by atoms with van der Waals surface area (Å²) in [6.07, 6.45) is 2.46. The van der Waals surface area contributed by atoms with Gasteiger partial charge in [0.2, 0.25) is 5.91 Å². The van der Waals surface area contributed by atoms with Crippen LogP contribution in [0, 0.1) is 0 Å². The van der Waals surface area contributed by atoms with E-state index >= 15 is 0 Å². The number of hydrogen-bond donors (Lipinski definition) is 1. The molecule has 0 bridgehead atoms. The average Bonchev–Trinajstić information content (AvgIpc) is 3.08. The molecule has 1 N–H and O–H groups in total. The number of hydrogen-bond acceptors (Lipinski definition) is 3. The molecule has 1 unspecified atom stereocenters. The maximum absolute atomic E-state index is 13.3. The van der Waals surface area contributed by atoms with Crippen molar-refractivity contribution < 1.29 is 9.53 Å². The van der Waals surface area contributed by atoms with E-state index in [0.717, 1.165) is 37.9 Å². The minimum absolute atomic E-state index is 0. The lowest BCUT2D eigenvalue weighted by atomic mass is 9.73. The standard InChI is InChI=1S/C17H23ClN2O2.ClH/c1-20(15-5-8-19-12-15)16(21)17(6-9-22-10-7-17)13-3-2-4-14(18)11-13;/h2-4,11,15,19H,5-10,12H2,1H3;1H. The summed E-state index contributed by atoms with van der Waals surface area (Å²) in [5.41, 5.74) is 0.520. The fourth-order valence-corrected chi connectivity index (χ4v) is 3.80. The van der Waals surface area contributed by atoms with Crippen molar-refractivity contribution in [2.75, 3.05) is 33.4 Å². The first kappa shape index (κ1) is 18.5. The second kappa shape index (κ2) is 7.84. The van der Waals surface area contributed by atoms with Crippen LogP contribution in [0.5, 0.6) is 0 Å². The topological polar surface area (TPSA) is 41.6 Å². The molecular weight excluding hydrogens is 335 g/mol. The highest BCUT2D eigenvalue weighted by molar-refractivity contribution is 6.30. The van der Waals surface area contributed by atoms with Crippen molar-refractivity contribution in [2.45, 2.75) is 30.7 Å². The summed E-state index contributed by atoms with van der Waals surface area (Å²) >= 11 is 6.17. The first-order valence-electron chi connectivity index (χ1n) is 7.95. The van der Waals surface area contributed by atoms with Gasteiger partial charge in [0, 0.05) is 37.9 Å². The lowest BCUT2D eigenvalue weighted by Crippen LogP contribution is -2.52. The molecule has 0 spiro atoms. The largest absolute Gasteiger partial charge is 0.381 e. The Balaban J connectivity index is 0.00000192. The Labute approximate surface area is 148 Å². The summed E-state index contributed by atoms with van der Waals surface area (Å²) in [5.74, 6) is 0.201. The first-order valence-corrected chi connectivity index (χ1v) is 8.33. The van der Waals surface area contributed by atoms with Gasteiger partial charge >= 0.3 is 0 Å². The van der Waals surface area contributed by atoms with E-state index in [1.165, 1.54) is 0 Å². The number of nitrogens with zero attached hydrogens (tertiary/aromatic N) is 1. The number of ether oxygens (including phenoxy) is 1. The highest BCUT2D eigenvalue weighted by Crippen LogP contribution is 2.38. The highest BCUT2D eigenvalue weighted by atomic mass is 35.5. The zero-order valence-electron chi connectivity index (χ0n) is 13.4. The van der Waals surface area contributed by atoms with Gasteiger partial charge in [-0.3, -0.25) is 4.79 Å². The molecule has 2 saturated heterocycles. The van der Waals surface area contributed by atoms with E-state index in [-0.39, 0.29) is 24.4 Å². The molecule has 0 saturated carbocycles. The maximum Gasteiger partial charge on any atom is 0.233 e. The number of rotatable bonds is 3. The van der Waals surface area contributed by atoms with E-state index in [2.05, 4.69) is 5.32 Å². The fraction of sp³-hybridized carbons (Fsp3) is 0.588. The number of likely N-dealkylation sites (N-methyl/N-ethyl adjacent to an activating group) is 1. The molecule has 0 radical (unpaired) electrons. The Kier molecular flexibility index (Phi) is 6.32. The Morgan fingerprint density at radius 1 is 1.39 bits per heavy atom. The van der Waals surface area contributed by atoms with Crippen molar-refractivity contribution in [1.29, 1.82) is 0 Å². The lowest BCUT2D eigenvalue weighted by molar-refractivity contribution is -0.141. The van der Waals surface area contributed by atoms with Gasteiger partial charge < -0.3 is 15.0 Å².